The fourth-order valence-corrected chi connectivity index (χ4v) is 1.54. The van der Waals surface area contributed by atoms with E-state index >= 15 is 0 Å². The number of allylic oxidation sites excluding steroid dienone is 1. The molecule has 0 spiro atoms. The maximum atomic E-state index is 4.11. The van der Waals surface area contributed by atoms with Gasteiger partial charge in [-0.25, -0.2) is 4.98 Å². The van der Waals surface area contributed by atoms with Crippen LogP contribution in [0, 0.1) is 0 Å². The van der Waals surface area contributed by atoms with Gasteiger partial charge in [0.25, 0.3) is 0 Å². The van der Waals surface area contributed by atoms with Crippen molar-refractivity contribution in [2.75, 3.05) is 0 Å². The Labute approximate surface area is 83.2 Å². The zero-order valence-electron chi connectivity index (χ0n) is 8.14. The van der Waals surface area contributed by atoms with Gasteiger partial charge in [0.1, 0.15) is 0 Å². The Hall–Kier alpha value is -1.83. The monoisotopic (exact) mass is 184 g/mol. The second-order valence-electron chi connectivity index (χ2n) is 3.07. The molecule has 2 rings (SSSR count). The molecular formula is C12H12N2. The molecule has 0 aliphatic carbocycles. The molecule has 2 nitrogen and oxygen atoms in total. The Kier molecular flexibility index (Phi) is 2.19. The highest BCUT2D eigenvalue weighted by molar-refractivity contribution is 5.66. The van der Waals surface area contributed by atoms with Crippen molar-refractivity contribution in [2.24, 2.45) is 0 Å². The van der Waals surface area contributed by atoms with Crippen LogP contribution >= 0.6 is 0 Å². The summed E-state index contributed by atoms with van der Waals surface area (Å²) in [6.07, 6.45) is 9.60. The molecule has 70 valence electrons. The Morgan fingerprint density at radius 2 is 2.29 bits per heavy atom. The van der Waals surface area contributed by atoms with Crippen LogP contribution in [0.2, 0.25) is 0 Å². The molecule has 2 heteroatoms. The molecule has 2 heterocycles. The van der Waals surface area contributed by atoms with Crippen molar-refractivity contribution in [3.05, 3.63) is 48.6 Å². The third-order valence-corrected chi connectivity index (χ3v) is 2.20. The van der Waals surface area contributed by atoms with Crippen LogP contribution in [0.5, 0.6) is 0 Å². The van der Waals surface area contributed by atoms with E-state index in [1.54, 1.807) is 0 Å². The maximum Gasteiger partial charge on any atom is 0.0997 e. The number of hydrogen-bond acceptors (Lipinski definition) is 1. The summed E-state index contributed by atoms with van der Waals surface area (Å²) < 4.78 is 2.05. The van der Waals surface area contributed by atoms with E-state index in [1.165, 1.54) is 0 Å². The highest BCUT2D eigenvalue weighted by atomic mass is 15.0. The number of aromatic nitrogens is 2. The largest absolute Gasteiger partial charge is 0.299 e. The third-order valence-electron chi connectivity index (χ3n) is 2.20. The van der Waals surface area contributed by atoms with Gasteiger partial charge in [0.15, 0.2) is 0 Å². The van der Waals surface area contributed by atoms with Crippen molar-refractivity contribution >= 4 is 17.7 Å². The smallest absolute Gasteiger partial charge is 0.0997 e. The molecule has 0 unspecified atom stereocenters. The van der Waals surface area contributed by atoms with Crippen LogP contribution in [0.15, 0.2) is 37.3 Å². The Morgan fingerprint density at radius 1 is 1.43 bits per heavy atom. The molecule has 0 saturated carbocycles. The van der Waals surface area contributed by atoms with Gasteiger partial charge in [-0.15, -0.1) is 0 Å². The zero-order valence-corrected chi connectivity index (χ0v) is 8.14. The van der Waals surface area contributed by atoms with Crippen LogP contribution < -0.4 is 0 Å². The minimum Gasteiger partial charge on any atom is -0.299 e. The van der Waals surface area contributed by atoms with Crippen LogP contribution in [-0.4, -0.2) is 9.38 Å². The predicted molar refractivity (Wildman–Crippen MR) is 60.0 cm³/mol. The number of rotatable bonds is 2. The maximum absolute atomic E-state index is 4.11. The normalized spacial score (nSPS) is 11.2. The summed E-state index contributed by atoms with van der Waals surface area (Å²) in [6.45, 7) is 5.80. The van der Waals surface area contributed by atoms with E-state index < -0.39 is 0 Å². The summed E-state index contributed by atoms with van der Waals surface area (Å²) in [5, 5.41) is 0. The quantitative estimate of drug-likeness (QED) is 0.701. The molecule has 0 aliphatic rings. The highest BCUT2D eigenvalue weighted by Gasteiger charge is 2.01. The molecule has 0 atom stereocenters. The number of pyridine rings is 1. The molecule has 0 saturated heterocycles. The summed E-state index contributed by atoms with van der Waals surface area (Å²) in [7, 11) is 0. The van der Waals surface area contributed by atoms with Crippen molar-refractivity contribution in [1.82, 2.24) is 9.38 Å². The molecule has 0 amide bonds. The Balaban J connectivity index is 2.81. The van der Waals surface area contributed by atoms with Crippen molar-refractivity contribution in [3.63, 3.8) is 0 Å². The second-order valence-corrected chi connectivity index (χ2v) is 3.07. The molecule has 2 aromatic rings. The summed E-state index contributed by atoms with van der Waals surface area (Å²) in [5.41, 5.74) is 3.34. The van der Waals surface area contributed by atoms with Gasteiger partial charge in [0, 0.05) is 0 Å². The molecule has 0 N–H and O–H groups in total. The SMILES string of the molecule is C=Cc1ccc2cncn2c1/C=C\C. The van der Waals surface area contributed by atoms with E-state index in [9.17, 15) is 0 Å². The lowest BCUT2D eigenvalue weighted by atomic mass is 10.1. The van der Waals surface area contributed by atoms with Gasteiger partial charge in [-0.05, 0) is 24.6 Å². The summed E-state index contributed by atoms with van der Waals surface area (Å²) in [5.74, 6) is 0. The predicted octanol–water partition coefficient (Wildman–Crippen LogP) is 3.01. The van der Waals surface area contributed by atoms with Gasteiger partial charge in [-0.3, -0.25) is 4.40 Å². The van der Waals surface area contributed by atoms with Gasteiger partial charge < -0.3 is 0 Å². The Morgan fingerprint density at radius 3 is 3.00 bits per heavy atom. The van der Waals surface area contributed by atoms with Crippen LogP contribution in [0.1, 0.15) is 18.2 Å². The van der Waals surface area contributed by atoms with Crippen LogP contribution in [-0.2, 0) is 0 Å². The summed E-state index contributed by atoms with van der Waals surface area (Å²) in [6, 6.07) is 4.09. The Bertz CT molecular complexity index is 492. The number of hydrogen-bond donors (Lipinski definition) is 0. The topological polar surface area (TPSA) is 17.3 Å². The lowest BCUT2D eigenvalue weighted by Gasteiger charge is -2.04. The average Bonchev–Trinajstić information content (AvgIpc) is 2.67. The molecule has 14 heavy (non-hydrogen) atoms. The van der Waals surface area contributed by atoms with Crippen LogP contribution in [0.25, 0.3) is 17.7 Å². The fourth-order valence-electron chi connectivity index (χ4n) is 1.54. The molecule has 0 aromatic carbocycles. The van der Waals surface area contributed by atoms with Gasteiger partial charge in [0.2, 0.25) is 0 Å². The third kappa shape index (κ3) is 1.25. The molecule has 2 aromatic heterocycles. The van der Waals surface area contributed by atoms with Crippen molar-refractivity contribution in [1.29, 1.82) is 0 Å². The zero-order chi connectivity index (χ0) is 9.97. The van der Waals surface area contributed by atoms with Crippen LogP contribution in [0.3, 0.4) is 0 Å². The van der Waals surface area contributed by atoms with Gasteiger partial charge in [-0.1, -0.05) is 24.8 Å². The minimum absolute atomic E-state index is 1.10. The van der Waals surface area contributed by atoms with Crippen molar-refractivity contribution in [2.45, 2.75) is 6.92 Å². The van der Waals surface area contributed by atoms with E-state index in [0.717, 1.165) is 16.8 Å². The first-order chi connectivity index (χ1) is 6.86. The lowest BCUT2D eigenvalue weighted by molar-refractivity contribution is 1.13. The standard InChI is InChI=1S/C12H12N2/c1-3-5-12-10(4-2)6-7-11-8-13-9-14(11)12/h3-9H,2H2,1H3/b5-3-. The van der Waals surface area contributed by atoms with E-state index in [4.69, 9.17) is 0 Å². The van der Waals surface area contributed by atoms with Gasteiger partial charge in [-0.2, -0.15) is 0 Å². The summed E-state index contributed by atoms with van der Waals surface area (Å²) in [4.78, 5) is 4.11. The first-order valence-corrected chi connectivity index (χ1v) is 4.57. The van der Waals surface area contributed by atoms with E-state index in [-0.39, 0.29) is 0 Å². The fraction of sp³-hybridized carbons (Fsp3) is 0.0833. The molecular weight excluding hydrogens is 172 g/mol. The lowest BCUT2D eigenvalue weighted by Crippen LogP contribution is -1.92. The van der Waals surface area contributed by atoms with E-state index in [0.29, 0.717) is 0 Å². The summed E-state index contributed by atoms with van der Waals surface area (Å²) >= 11 is 0. The number of fused-ring (bicyclic) bond motifs is 1. The first kappa shape index (κ1) is 8.75. The van der Waals surface area contributed by atoms with Crippen molar-refractivity contribution in [3.8, 4) is 0 Å². The average molecular weight is 184 g/mol. The molecule has 0 radical (unpaired) electrons. The van der Waals surface area contributed by atoms with E-state index in [1.807, 2.05) is 37.7 Å². The molecule has 0 fully saturated rings. The molecule has 0 aliphatic heterocycles. The second kappa shape index (κ2) is 3.50. The highest BCUT2D eigenvalue weighted by Crippen LogP contribution is 2.15. The molecule has 0 bridgehead atoms. The number of nitrogens with zero attached hydrogens (tertiary/aromatic N) is 2. The van der Waals surface area contributed by atoms with Crippen LogP contribution in [0.4, 0.5) is 0 Å². The van der Waals surface area contributed by atoms with Gasteiger partial charge in [0.05, 0.1) is 23.7 Å². The minimum atomic E-state index is 1.10. The number of imidazole rings is 1. The first-order valence-electron chi connectivity index (χ1n) is 4.57. The van der Waals surface area contributed by atoms with Crippen molar-refractivity contribution < 1.29 is 0 Å². The van der Waals surface area contributed by atoms with Gasteiger partial charge >= 0.3 is 0 Å². The van der Waals surface area contributed by atoms with E-state index in [2.05, 4.69) is 28.1 Å².